The van der Waals surface area contributed by atoms with Crippen molar-refractivity contribution in [3.63, 3.8) is 0 Å². The number of imide groups is 1. The third-order valence-electron chi connectivity index (χ3n) is 3.10. The van der Waals surface area contributed by atoms with Gasteiger partial charge in [0.1, 0.15) is 11.4 Å². The molecule has 1 aromatic heterocycles. The molecule has 1 aromatic rings. The Balaban J connectivity index is 1.90. The lowest BCUT2D eigenvalue weighted by atomic mass is 10.1. The fourth-order valence-corrected chi connectivity index (χ4v) is 1.91. The van der Waals surface area contributed by atoms with Crippen LogP contribution in [0.4, 0.5) is 10.6 Å². The van der Waals surface area contributed by atoms with Gasteiger partial charge >= 0.3 is 6.03 Å². The number of nitrogens with zero attached hydrogens (tertiary/aromatic N) is 2. The molecule has 1 aliphatic heterocycles. The van der Waals surface area contributed by atoms with Crippen LogP contribution in [0.25, 0.3) is 0 Å². The van der Waals surface area contributed by atoms with Gasteiger partial charge in [0, 0.05) is 18.5 Å². The summed E-state index contributed by atoms with van der Waals surface area (Å²) in [6.45, 7) is 5.11. The summed E-state index contributed by atoms with van der Waals surface area (Å²) in [5.74, 6) is -0.0943. The Morgan fingerprint density at radius 2 is 2.15 bits per heavy atom. The molecule has 3 N–H and O–H groups in total. The lowest BCUT2D eigenvalue weighted by Crippen LogP contribution is -2.40. The normalized spacial score (nSPS) is 17.2. The summed E-state index contributed by atoms with van der Waals surface area (Å²) in [4.78, 5) is 36.4. The van der Waals surface area contributed by atoms with E-state index in [-0.39, 0.29) is 24.8 Å². The number of aromatic amines is 1. The van der Waals surface area contributed by atoms with E-state index in [1.807, 2.05) is 0 Å². The van der Waals surface area contributed by atoms with Crippen LogP contribution in [0.2, 0.25) is 0 Å². The standard InChI is InChI=1S/C12H17N5O3/c1-7-6-13-16-9(7)14-8(18)4-5-17-10(19)12(2,3)15-11(17)20/h6H,4-5H2,1-3H3,(H,15,20)(H2,13,14,16,18). The van der Waals surface area contributed by atoms with Gasteiger partial charge in [0.05, 0.1) is 6.20 Å². The second-order valence-corrected chi connectivity index (χ2v) is 5.24. The molecule has 0 bridgehead atoms. The summed E-state index contributed by atoms with van der Waals surface area (Å²) >= 11 is 0. The number of hydrogen-bond donors (Lipinski definition) is 3. The van der Waals surface area contributed by atoms with Crippen molar-refractivity contribution in [2.75, 3.05) is 11.9 Å². The monoisotopic (exact) mass is 279 g/mol. The van der Waals surface area contributed by atoms with Crippen molar-refractivity contribution in [3.8, 4) is 0 Å². The first-order valence-corrected chi connectivity index (χ1v) is 6.25. The largest absolute Gasteiger partial charge is 0.325 e. The molecule has 1 aliphatic rings. The molecule has 108 valence electrons. The van der Waals surface area contributed by atoms with E-state index in [0.29, 0.717) is 5.82 Å². The molecular weight excluding hydrogens is 262 g/mol. The van der Waals surface area contributed by atoms with Gasteiger partial charge < -0.3 is 10.6 Å². The van der Waals surface area contributed by atoms with E-state index in [0.717, 1.165) is 10.5 Å². The fraction of sp³-hybridized carbons (Fsp3) is 0.500. The molecule has 1 saturated heterocycles. The number of rotatable bonds is 4. The number of anilines is 1. The van der Waals surface area contributed by atoms with Gasteiger partial charge in [-0.2, -0.15) is 5.10 Å². The molecule has 0 unspecified atom stereocenters. The zero-order valence-electron chi connectivity index (χ0n) is 11.6. The van der Waals surface area contributed by atoms with Crippen LogP contribution in [0, 0.1) is 6.92 Å². The average molecular weight is 279 g/mol. The van der Waals surface area contributed by atoms with Crippen LogP contribution in [0.3, 0.4) is 0 Å². The van der Waals surface area contributed by atoms with Gasteiger partial charge in [0.15, 0.2) is 0 Å². The summed E-state index contributed by atoms with van der Waals surface area (Å²) in [6.07, 6.45) is 1.63. The molecule has 0 aromatic carbocycles. The molecule has 0 radical (unpaired) electrons. The zero-order valence-corrected chi connectivity index (χ0v) is 11.6. The number of urea groups is 1. The third kappa shape index (κ3) is 2.63. The van der Waals surface area contributed by atoms with Crippen LogP contribution >= 0.6 is 0 Å². The predicted octanol–water partition coefficient (Wildman–Crippen LogP) is 0.377. The lowest BCUT2D eigenvalue weighted by Gasteiger charge is -2.15. The Morgan fingerprint density at radius 1 is 1.45 bits per heavy atom. The van der Waals surface area contributed by atoms with E-state index in [9.17, 15) is 14.4 Å². The molecule has 2 rings (SSSR count). The quantitative estimate of drug-likeness (QED) is 0.692. The summed E-state index contributed by atoms with van der Waals surface area (Å²) in [6, 6.07) is -0.467. The Bertz CT molecular complexity index is 563. The van der Waals surface area contributed by atoms with Crippen LogP contribution in [0.15, 0.2) is 6.20 Å². The number of nitrogens with one attached hydrogen (secondary N) is 3. The minimum absolute atomic E-state index is 0.0354. The van der Waals surface area contributed by atoms with Gasteiger partial charge in [-0.3, -0.25) is 19.6 Å². The highest BCUT2D eigenvalue weighted by molar-refractivity contribution is 6.06. The maximum Gasteiger partial charge on any atom is 0.325 e. The number of amides is 4. The molecule has 20 heavy (non-hydrogen) atoms. The third-order valence-corrected chi connectivity index (χ3v) is 3.10. The number of aromatic nitrogens is 2. The van der Waals surface area contributed by atoms with Gasteiger partial charge in [-0.1, -0.05) is 0 Å². The molecule has 2 heterocycles. The topological polar surface area (TPSA) is 107 Å². The molecule has 0 saturated carbocycles. The molecule has 1 fully saturated rings. The van der Waals surface area contributed by atoms with Crippen molar-refractivity contribution in [2.24, 2.45) is 0 Å². The van der Waals surface area contributed by atoms with E-state index < -0.39 is 11.6 Å². The second kappa shape index (κ2) is 4.95. The Morgan fingerprint density at radius 3 is 2.65 bits per heavy atom. The van der Waals surface area contributed by atoms with Crippen molar-refractivity contribution in [1.82, 2.24) is 20.4 Å². The highest BCUT2D eigenvalue weighted by atomic mass is 16.2. The first-order valence-electron chi connectivity index (χ1n) is 6.25. The van der Waals surface area contributed by atoms with Crippen molar-refractivity contribution in [2.45, 2.75) is 32.7 Å². The van der Waals surface area contributed by atoms with E-state index >= 15 is 0 Å². The van der Waals surface area contributed by atoms with Crippen LogP contribution in [-0.4, -0.2) is 45.0 Å². The van der Waals surface area contributed by atoms with E-state index in [1.165, 1.54) is 0 Å². The minimum Gasteiger partial charge on any atom is -0.324 e. The van der Waals surface area contributed by atoms with Crippen molar-refractivity contribution >= 4 is 23.7 Å². The average Bonchev–Trinajstić information content (AvgIpc) is 2.81. The highest BCUT2D eigenvalue weighted by Gasteiger charge is 2.43. The molecule has 0 spiro atoms. The first kappa shape index (κ1) is 14.0. The van der Waals surface area contributed by atoms with E-state index in [1.54, 1.807) is 27.0 Å². The zero-order chi connectivity index (χ0) is 14.9. The highest BCUT2D eigenvalue weighted by Crippen LogP contribution is 2.17. The molecular formula is C12H17N5O3. The maximum atomic E-state index is 11.9. The number of H-pyrrole nitrogens is 1. The maximum absolute atomic E-state index is 11.9. The predicted molar refractivity (Wildman–Crippen MR) is 70.9 cm³/mol. The SMILES string of the molecule is Cc1cn[nH]c1NC(=O)CCN1C(=O)NC(C)(C)C1=O. The van der Waals surface area contributed by atoms with Gasteiger partial charge in [-0.25, -0.2) is 4.79 Å². The molecule has 8 heteroatoms. The number of carbonyl (C=O) groups excluding carboxylic acids is 3. The van der Waals surface area contributed by atoms with Crippen molar-refractivity contribution < 1.29 is 14.4 Å². The minimum atomic E-state index is -0.909. The second-order valence-electron chi connectivity index (χ2n) is 5.24. The Labute approximate surface area is 115 Å². The van der Waals surface area contributed by atoms with E-state index in [2.05, 4.69) is 20.8 Å². The molecule has 0 atom stereocenters. The molecule has 4 amide bonds. The van der Waals surface area contributed by atoms with Crippen LogP contribution in [-0.2, 0) is 9.59 Å². The fourth-order valence-electron chi connectivity index (χ4n) is 1.91. The Hall–Kier alpha value is -2.38. The number of aryl methyl sites for hydroxylation is 1. The number of carbonyl (C=O) groups is 3. The van der Waals surface area contributed by atoms with E-state index in [4.69, 9.17) is 0 Å². The van der Waals surface area contributed by atoms with Gasteiger partial charge in [0.25, 0.3) is 5.91 Å². The summed E-state index contributed by atoms with van der Waals surface area (Å²) < 4.78 is 0. The van der Waals surface area contributed by atoms with Crippen molar-refractivity contribution in [1.29, 1.82) is 0 Å². The molecule has 0 aliphatic carbocycles. The lowest BCUT2D eigenvalue weighted by molar-refractivity contribution is -0.130. The Kier molecular flexibility index (Phi) is 3.47. The van der Waals surface area contributed by atoms with Gasteiger partial charge in [-0.15, -0.1) is 0 Å². The van der Waals surface area contributed by atoms with Crippen LogP contribution < -0.4 is 10.6 Å². The smallest absolute Gasteiger partial charge is 0.324 e. The van der Waals surface area contributed by atoms with Crippen LogP contribution in [0.1, 0.15) is 25.8 Å². The van der Waals surface area contributed by atoms with Crippen molar-refractivity contribution in [3.05, 3.63) is 11.8 Å². The molecule has 8 nitrogen and oxygen atoms in total. The first-order chi connectivity index (χ1) is 9.31. The summed E-state index contributed by atoms with van der Waals surface area (Å²) in [7, 11) is 0. The van der Waals surface area contributed by atoms with Gasteiger partial charge in [0.2, 0.25) is 5.91 Å². The van der Waals surface area contributed by atoms with Gasteiger partial charge in [-0.05, 0) is 20.8 Å². The number of hydrogen-bond acceptors (Lipinski definition) is 4. The summed E-state index contributed by atoms with van der Waals surface area (Å²) in [5.41, 5.74) is -0.0949. The summed E-state index contributed by atoms with van der Waals surface area (Å²) in [5, 5.41) is 11.6. The van der Waals surface area contributed by atoms with Crippen LogP contribution in [0.5, 0.6) is 0 Å².